The maximum absolute atomic E-state index is 13.1. The SMILES string of the molecule is Fc1ccc(CNc2ccc(Cl)cc2Cl)cc1Br. The first-order valence-corrected chi connectivity index (χ1v) is 6.74. The van der Waals surface area contributed by atoms with Crippen LogP contribution in [0.5, 0.6) is 0 Å². The van der Waals surface area contributed by atoms with Crippen molar-refractivity contribution >= 4 is 44.8 Å². The van der Waals surface area contributed by atoms with Crippen molar-refractivity contribution in [3.8, 4) is 0 Å². The maximum Gasteiger partial charge on any atom is 0.137 e. The summed E-state index contributed by atoms with van der Waals surface area (Å²) in [6.07, 6.45) is 0. The highest BCUT2D eigenvalue weighted by Crippen LogP contribution is 2.26. The van der Waals surface area contributed by atoms with Crippen molar-refractivity contribution in [2.45, 2.75) is 6.54 Å². The van der Waals surface area contributed by atoms with Crippen LogP contribution in [0.3, 0.4) is 0 Å². The fourth-order valence-electron chi connectivity index (χ4n) is 1.48. The molecule has 0 radical (unpaired) electrons. The molecule has 18 heavy (non-hydrogen) atoms. The predicted octanol–water partition coefficient (Wildman–Crippen LogP) is 5.51. The van der Waals surface area contributed by atoms with Crippen LogP contribution in [0.1, 0.15) is 5.56 Å². The molecule has 0 saturated heterocycles. The van der Waals surface area contributed by atoms with Crippen LogP contribution in [0.25, 0.3) is 0 Å². The van der Waals surface area contributed by atoms with E-state index in [9.17, 15) is 4.39 Å². The summed E-state index contributed by atoms with van der Waals surface area (Å²) in [6, 6.07) is 10.1. The van der Waals surface area contributed by atoms with Crippen LogP contribution in [0.15, 0.2) is 40.9 Å². The lowest BCUT2D eigenvalue weighted by atomic mass is 10.2. The zero-order valence-corrected chi connectivity index (χ0v) is 12.3. The Morgan fingerprint density at radius 3 is 2.56 bits per heavy atom. The highest BCUT2D eigenvalue weighted by molar-refractivity contribution is 9.10. The highest BCUT2D eigenvalue weighted by Gasteiger charge is 2.03. The molecule has 0 aliphatic rings. The molecular formula is C13H9BrCl2FN. The number of hydrogen-bond donors (Lipinski definition) is 1. The number of rotatable bonds is 3. The van der Waals surface area contributed by atoms with Gasteiger partial charge in [-0.3, -0.25) is 0 Å². The van der Waals surface area contributed by atoms with Gasteiger partial charge >= 0.3 is 0 Å². The molecule has 0 fully saturated rings. The van der Waals surface area contributed by atoms with Gasteiger partial charge in [-0.15, -0.1) is 0 Å². The largest absolute Gasteiger partial charge is 0.380 e. The molecule has 0 saturated carbocycles. The molecule has 94 valence electrons. The van der Waals surface area contributed by atoms with Crippen molar-refractivity contribution in [3.05, 3.63) is 62.3 Å². The highest BCUT2D eigenvalue weighted by atomic mass is 79.9. The van der Waals surface area contributed by atoms with Crippen LogP contribution in [-0.2, 0) is 6.54 Å². The second-order valence-corrected chi connectivity index (χ2v) is 5.42. The third-order valence-corrected chi connectivity index (χ3v) is 3.55. The fraction of sp³-hybridized carbons (Fsp3) is 0.0769. The predicted molar refractivity (Wildman–Crippen MR) is 77.9 cm³/mol. The molecule has 0 aliphatic carbocycles. The summed E-state index contributed by atoms with van der Waals surface area (Å²) in [4.78, 5) is 0. The van der Waals surface area contributed by atoms with E-state index in [0.29, 0.717) is 21.1 Å². The Bertz CT molecular complexity index is 575. The molecule has 2 aromatic rings. The standard InChI is InChI=1S/C13H9BrCl2FN/c14-10-5-8(1-3-12(10)17)7-18-13-4-2-9(15)6-11(13)16/h1-6,18H,7H2. The van der Waals surface area contributed by atoms with E-state index < -0.39 is 0 Å². The molecule has 0 atom stereocenters. The van der Waals surface area contributed by atoms with Crippen LogP contribution >= 0.6 is 39.1 Å². The van der Waals surface area contributed by atoms with E-state index in [0.717, 1.165) is 11.3 Å². The van der Waals surface area contributed by atoms with Crippen molar-refractivity contribution in [1.82, 2.24) is 0 Å². The number of nitrogens with one attached hydrogen (secondary N) is 1. The van der Waals surface area contributed by atoms with E-state index in [1.54, 1.807) is 24.3 Å². The molecule has 5 heteroatoms. The summed E-state index contributed by atoms with van der Waals surface area (Å²) in [5, 5.41) is 4.32. The minimum absolute atomic E-state index is 0.275. The lowest BCUT2D eigenvalue weighted by Crippen LogP contribution is -2.00. The van der Waals surface area contributed by atoms with Gasteiger partial charge < -0.3 is 5.32 Å². The minimum Gasteiger partial charge on any atom is -0.380 e. The van der Waals surface area contributed by atoms with Gasteiger partial charge in [0.2, 0.25) is 0 Å². The van der Waals surface area contributed by atoms with Crippen molar-refractivity contribution in [1.29, 1.82) is 0 Å². The quantitative estimate of drug-likeness (QED) is 0.771. The smallest absolute Gasteiger partial charge is 0.137 e. The Hall–Kier alpha value is -0.770. The molecule has 1 nitrogen and oxygen atoms in total. The number of anilines is 1. The second-order valence-electron chi connectivity index (χ2n) is 3.73. The lowest BCUT2D eigenvalue weighted by molar-refractivity contribution is 0.620. The van der Waals surface area contributed by atoms with Gasteiger partial charge in [-0.2, -0.15) is 0 Å². The first kappa shape index (κ1) is 13.7. The van der Waals surface area contributed by atoms with Gasteiger partial charge in [-0.25, -0.2) is 4.39 Å². The van der Waals surface area contributed by atoms with Crippen LogP contribution in [0.2, 0.25) is 10.0 Å². The zero-order chi connectivity index (χ0) is 13.1. The maximum atomic E-state index is 13.1. The summed E-state index contributed by atoms with van der Waals surface area (Å²) in [7, 11) is 0. The minimum atomic E-state index is -0.275. The second kappa shape index (κ2) is 5.91. The van der Waals surface area contributed by atoms with Gasteiger partial charge in [-0.1, -0.05) is 29.3 Å². The Kier molecular flexibility index (Phi) is 4.49. The molecular weight excluding hydrogens is 340 g/mol. The van der Waals surface area contributed by atoms with Crippen molar-refractivity contribution in [2.75, 3.05) is 5.32 Å². The molecule has 0 unspecified atom stereocenters. The zero-order valence-electron chi connectivity index (χ0n) is 9.18. The van der Waals surface area contributed by atoms with Gasteiger partial charge in [0.25, 0.3) is 0 Å². The monoisotopic (exact) mass is 347 g/mol. The summed E-state index contributed by atoms with van der Waals surface area (Å²) < 4.78 is 13.5. The summed E-state index contributed by atoms with van der Waals surface area (Å²) in [6.45, 7) is 0.556. The Labute approximate surface area is 123 Å². The van der Waals surface area contributed by atoms with Gasteiger partial charge in [0.1, 0.15) is 5.82 Å². The topological polar surface area (TPSA) is 12.0 Å². The molecule has 0 amide bonds. The number of hydrogen-bond acceptors (Lipinski definition) is 1. The third-order valence-electron chi connectivity index (χ3n) is 2.40. The average Bonchev–Trinajstić information content (AvgIpc) is 2.32. The first-order chi connectivity index (χ1) is 8.56. The van der Waals surface area contributed by atoms with Crippen molar-refractivity contribution in [3.63, 3.8) is 0 Å². The number of benzene rings is 2. The van der Waals surface area contributed by atoms with E-state index in [2.05, 4.69) is 21.2 Å². The molecule has 2 rings (SSSR count). The summed E-state index contributed by atoms with van der Waals surface area (Å²) >= 11 is 15.0. The lowest BCUT2D eigenvalue weighted by Gasteiger charge is -2.09. The van der Waals surface area contributed by atoms with Gasteiger partial charge in [0.05, 0.1) is 15.2 Å². The molecule has 0 heterocycles. The van der Waals surface area contributed by atoms with Crippen LogP contribution < -0.4 is 5.32 Å². The summed E-state index contributed by atoms with van der Waals surface area (Å²) in [5.41, 5.74) is 1.75. The van der Waals surface area contributed by atoms with Gasteiger partial charge in [-0.05, 0) is 51.8 Å². The van der Waals surface area contributed by atoms with E-state index in [1.165, 1.54) is 6.07 Å². The van der Waals surface area contributed by atoms with E-state index in [1.807, 2.05) is 6.07 Å². The van der Waals surface area contributed by atoms with Crippen molar-refractivity contribution in [2.24, 2.45) is 0 Å². The normalized spacial score (nSPS) is 10.4. The van der Waals surface area contributed by atoms with E-state index in [-0.39, 0.29) is 5.82 Å². The van der Waals surface area contributed by atoms with Gasteiger partial charge in [0.15, 0.2) is 0 Å². The molecule has 0 spiro atoms. The van der Waals surface area contributed by atoms with Crippen molar-refractivity contribution < 1.29 is 4.39 Å². The van der Waals surface area contributed by atoms with Crippen LogP contribution in [0.4, 0.5) is 10.1 Å². The van der Waals surface area contributed by atoms with E-state index >= 15 is 0 Å². The number of halogens is 4. The summed E-state index contributed by atoms with van der Waals surface area (Å²) in [5.74, 6) is -0.275. The average molecular weight is 349 g/mol. The fourth-order valence-corrected chi connectivity index (χ4v) is 2.38. The Morgan fingerprint density at radius 2 is 1.89 bits per heavy atom. The Balaban J connectivity index is 2.09. The molecule has 2 aromatic carbocycles. The molecule has 1 N–H and O–H groups in total. The molecule has 0 aromatic heterocycles. The molecule has 0 aliphatic heterocycles. The van der Waals surface area contributed by atoms with Gasteiger partial charge in [0, 0.05) is 11.6 Å². The van der Waals surface area contributed by atoms with E-state index in [4.69, 9.17) is 23.2 Å². The third kappa shape index (κ3) is 3.37. The Morgan fingerprint density at radius 1 is 1.11 bits per heavy atom. The first-order valence-electron chi connectivity index (χ1n) is 5.19. The molecule has 0 bridgehead atoms. The van der Waals surface area contributed by atoms with Crippen LogP contribution in [-0.4, -0.2) is 0 Å². The van der Waals surface area contributed by atoms with Crippen LogP contribution in [0, 0.1) is 5.82 Å².